The van der Waals surface area contributed by atoms with Crippen LogP contribution in [0, 0.1) is 6.92 Å². The number of alkyl halides is 5. The molecule has 0 saturated heterocycles. The van der Waals surface area contributed by atoms with Crippen LogP contribution in [0.5, 0.6) is 5.75 Å². The molecular weight excluding hydrogens is 435 g/mol. The molecule has 3 rings (SSSR count). The Morgan fingerprint density at radius 3 is 2.43 bits per heavy atom. The van der Waals surface area contributed by atoms with E-state index in [0.717, 1.165) is 6.07 Å². The van der Waals surface area contributed by atoms with Gasteiger partial charge in [-0.15, -0.1) is 5.10 Å². The highest BCUT2D eigenvalue weighted by molar-refractivity contribution is 6.31. The summed E-state index contributed by atoms with van der Waals surface area (Å²) in [5.74, 6) is -0.920. The molecule has 0 aliphatic rings. The zero-order chi connectivity index (χ0) is 22.1. The number of hydrogen-bond acceptors (Lipinski definition) is 4. The molecular formula is C18H12ClF5N4O2. The standard InChI is InChI=1S/C18H12ClF5N4O2/c1-9-25-15(27-28(9)11-3-5-12(6-4-11)30-17(20)21)16(29)26-10-2-7-14(19)13(8-10)18(22,23)24/h2-8,17H,1H3,(H,26,29). The van der Waals surface area contributed by atoms with Crippen molar-refractivity contribution in [3.63, 3.8) is 0 Å². The lowest BCUT2D eigenvalue weighted by atomic mass is 10.2. The number of nitrogens with one attached hydrogen (secondary N) is 1. The van der Waals surface area contributed by atoms with Gasteiger partial charge in [0.1, 0.15) is 11.6 Å². The first-order valence-electron chi connectivity index (χ1n) is 8.21. The lowest BCUT2D eigenvalue weighted by Crippen LogP contribution is -2.15. The molecule has 1 amide bonds. The number of ether oxygens (including phenoxy) is 1. The lowest BCUT2D eigenvalue weighted by Gasteiger charge is -2.11. The van der Waals surface area contributed by atoms with Gasteiger partial charge in [0.15, 0.2) is 0 Å². The van der Waals surface area contributed by atoms with E-state index in [0.29, 0.717) is 11.8 Å². The van der Waals surface area contributed by atoms with Gasteiger partial charge in [-0.1, -0.05) is 11.6 Å². The lowest BCUT2D eigenvalue weighted by molar-refractivity contribution is -0.137. The first kappa shape index (κ1) is 21.5. The molecule has 0 bridgehead atoms. The summed E-state index contributed by atoms with van der Waals surface area (Å²) in [5.41, 5.74) is -0.825. The van der Waals surface area contributed by atoms with Crippen LogP contribution in [0.1, 0.15) is 22.0 Å². The first-order chi connectivity index (χ1) is 14.0. The molecule has 0 aliphatic heterocycles. The average Bonchev–Trinajstić information content (AvgIpc) is 3.04. The molecule has 12 heteroatoms. The highest BCUT2D eigenvalue weighted by Gasteiger charge is 2.33. The molecule has 3 aromatic rings. The fourth-order valence-electron chi connectivity index (χ4n) is 2.51. The van der Waals surface area contributed by atoms with E-state index in [4.69, 9.17) is 11.6 Å². The van der Waals surface area contributed by atoms with E-state index in [1.165, 1.54) is 41.9 Å². The van der Waals surface area contributed by atoms with Crippen LogP contribution in [0.3, 0.4) is 0 Å². The van der Waals surface area contributed by atoms with Crippen molar-refractivity contribution in [3.8, 4) is 11.4 Å². The molecule has 1 aromatic heterocycles. The Balaban J connectivity index is 1.80. The third-order valence-electron chi connectivity index (χ3n) is 3.81. The number of amides is 1. The van der Waals surface area contributed by atoms with Gasteiger partial charge in [-0.05, 0) is 49.4 Å². The third-order valence-corrected chi connectivity index (χ3v) is 4.14. The van der Waals surface area contributed by atoms with Gasteiger partial charge < -0.3 is 10.1 Å². The van der Waals surface area contributed by atoms with Crippen molar-refractivity contribution in [1.82, 2.24) is 14.8 Å². The van der Waals surface area contributed by atoms with E-state index < -0.39 is 29.3 Å². The van der Waals surface area contributed by atoms with Crippen molar-refractivity contribution >= 4 is 23.2 Å². The summed E-state index contributed by atoms with van der Waals surface area (Å²) in [5, 5.41) is 5.79. The second-order valence-electron chi connectivity index (χ2n) is 5.91. The monoisotopic (exact) mass is 446 g/mol. The van der Waals surface area contributed by atoms with E-state index in [9.17, 15) is 26.7 Å². The van der Waals surface area contributed by atoms with E-state index >= 15 is 0 Å². The van der Waals surface area contributed by atoms with Crippen LogP contribution >= 0.6 is 11.6 Å². The number of aryl methyl sites for hydroxylation is 1. The molecule has 0 radical (unpaired) electrons. The van der Waals surface area contributed by atoms with Crippen molar-refractivity contribution < 1.29 is 31.5 Å². The van der Waals surface area contributed by atoms with Gasteiger partial charge in [-0.3, -0.25) is 4.79 Å². The fourth-order valence-corrected chi connectivity index (χ4v) is 2.73. The molecule has 0 fully saturated rings. The Morgan fingerprint density at radius 2 is 1.83 bits per heavy atom. The molecule has 158 valence electrons. The van der Waals surface area contributed by atoms with Crippen molar-refractivity contribution in [1.29, 1.82) is 0 Å². The highest BCUT2D eigenvalue weighted by Crippen LogP contribution is 2.36. The minimum Gasteiger partial charge on any atom is -0.435 e. The number of halogens is 6. The van der Waals surface area contributed by atoms with Crippen LogP contribution in [0.25, 0.3) is 5.69 Å². The summed E-state index contributed by atoms with van der Waals surface area (Å²) in [6.45, 7) is -1.43. The Bertz CT molecular complexity index is 1070. The number of carbonyl (C=O) groups excluding carboxylic acids is 1. The van der Waals surface area contributed by atoms with Crippen molar-refractivity contribution in [2.45, 2.75) is 19.7 Å². The summed E-state index contributed by atoms with van der Waals surface area (Å²) in [6, 6.07) is 8.35. The van der Waals surface area contributed by atoms with Crippen LogP contribution in [-0.2, 0) is 6.18 Å². The molecule has 0 aliphatic carbocycles. The largest absolute Gasteiger partial charge is 0.435 e. The van der Waals surface area contributed by atoms with Crippen LogP contribution in [-0.4, -0.2) is 27.3 Å². The van der Waals surface area contributed by atoms with Gasteiger partial charge in [-0.2, -0.15) is 22.0 Å². The SMILES string of the molecule is Cc1nc(C(=O)Nc2ccc(Cl)c(C(F)(F)F)c2)nn1-c1ccc(OC(F)F)cc1. The number of benzene rings is 2. The van der Waals surface area contributed by atoms with Crippen LogP contribution in [0.4, 0.5) is 27.6 Å². The summed E-state index contributed by atoms with van der Waals surface area (Å²) in [4.78, 5) is 16.3. The second-order valence-corrected chi connectivity index (χ2v) is 6.32. The molecule has 1 heterocycles. The maximum Gasteiger partial charge on any atom is 0.417 e. The first-order valence-corrected chi connectivity index (χ1v) is 8.59. The quantitative estimate of drug-likeness (QED) is 0.553. The Kier molecular flexibility index (Phi) is 5.92. The predicted molar refractivity (Wildman–Crippen MR) is 97.1 cm³/mol. The van der Waals surface area contributed by atoms with Crippen LogP contribution in [0.15, 0.2) is 42.5 Å². The summed E-state index contributed by atoms with van der Waals surface area (Å²) >= 11 is 5.55. The summed E-state index contributed by atoms with van der Waals surface area (Å²) < 4.78 is 68.8. The molecule has 1 N–H and O–H groups in total. The van der Waals surface area contributed by atoms with Crippen molar-refractivity contribution in [3.05, 3.63) is 64.7 Å². The van der Waals surface area contributed by atoms with Crippen LogP contribution < -0.4 is 10.1 Å². The zero-order valence-electron chi connectivity index (χ0n) is 15.0. The van der Waals surface area contributed by atoms with Gasteiger partial charge >= 0.3 is 12.8 Å². The average molecular weight is 447 g/mol. The molecule has 0 unspecified atom stereocenters. The van der Waals surface area contributed by atoms with Gasteiger partial charge in [0.05, 0.1) is 16.3 Å². The van der Waals surface area contributed by atoms with Gasteiger partial charge in [-0.25, -0.2) is 9.67 Å². The van der Waals surface area contributed by atoms with Gasteiger partial charge in [0, 0.05) is 5.69 Å². The second kappa shape index (κ2) is 8.27. The van der Waals surface area contributed by atoms with E-state index in [1.54, 1.807) is 0 Å². The predicted octanol–water partition coefficient (Wildman–Crippen LogP) is 5.10. The fraction of sp³-hybridized carbons (Fsp3) is 0.167. The zero-order valence-corrected chi connectivity index (χ0v) is 15.8. The van der Waals surface area contributed by atoms with E-state index in [-0.39, 0.29) is 23.1 Å². The number of carbonyl (C=O) groups is 1. The third kappa shape index (κ3) is 4.85. The maximum atomic E-state index is 13.0. The summed E-state index contributed by atoms with van der Waals surface area (Å²) in [7, 11) is 0. The number of hydrogen-bond donors (Lipinski definition) is 1. The van der Waals surface area contributed by atoms with Crippen molar-refractivity contribution in [2.24, 2.45) is 0 Å². The number of aromatic nitrogens is 3. The molecule has 0 spiro atoms. The van der Waals surface area contributed by atoms with E-state index in [2.05, 4.69) is 20.1 Å². The maximum absolute atomic E-state index is 13.0. The van der Waals surface area contributed by atoms with Gasteiger partial charge in [0.25, 0.3) is 5.91 Å². The Hall–Kier alpha value is -3.21. The molecule has 2 aromatic carbocycles. The molecule has 30 heavy (non-hydrogen) atoms. The highest BCUT2D eigenvalue weighted by atomic mass is 35.5. The smallest absolute Gasteiger partial charge is 0.417 e. The topological polar surface area (TPSA) is 69.0 Å². The normalized spacial score (nSPS) is 11.6. The molecule has 0 saturated carbocycles. The minimum absolute atomic E-state index is 0.0623. The number of nitrogens with zero attached hydrogens (tertiary/aromatic N) is 3. The van der Waals surface area contributed by atoms with Crippen LogP contribution in [0.2, 0.25) is 5.02 Å². The Morgan fingerprint density at radius 1 is 1.17 bits per heavy atom. The minimum atomic E-state index is -4.69. The van der Waals surface area contributed by atoms with Crippen molar-refractivity contribution in [2.75, 3.05) is 5.32 Å². The Labute approximate surface area is 171 Å². The number of anilines is 1. The molecule has 6 nitrogen and oxygen atoms in total. The molecule has 0 atom stereocenters. The summed E-state index contributed by atoms with van der Waals surface area (Å²) in [6.07, 6.45) is -4.69. The van der Waals surface area contributed by atoms with E-state index in [1.807, 2.05) is 0 Å². The van der Waals surface area contributed by atoms with Gasteiger partial charge in [0.2, 0.25) is 5.82 Å². The number of rotatable bonds is 5.